The zero-order valence-electron chi connectivity index (χ0n) is 9.51. The molecule has 2 N–H and O–H groups in total. The Labute approximate surface area is 112 Å². The van der Waals surface area contributed by atoms with E-state index in [4.69, 9.17) is 5.73 Å². The van der Waals surface area contributed by atoms with Gasteiger partial charge in [0.1, 0.15) is 0 Å². The van der Waals surface area contributed by atoms with Crippen LogP contribution in [0.25, 0.3) is 0 Å². The third-order valence-electron chi connectivity index (χ3n) is 2.92. The van der Waals surface area contributed by atoms with E-state index in [-0.39, 0.29) is 11.6 Å². The van der Waals surface area contributed by atoms with E-state index in [0.717, 1.165) is 6.42 Å². The minimum absolute atomic E-state index is 0.0561. The van der Waals surface area contributed by atoms with Gasteiger partial charge >= 0.3 is 0 Å². The average molecular weight is 314 g/mol. The molecule has 1 saturated heterocycles. The van der Waals surface area contributed by atoms with Crippen LogP contribution in [-0.4, -0.2) is 23.4 Å². The summed E-state index contributed by atoms with van der Waals surface area (Å²) in [5.41, 5.74) is 6.16. The van der Waals surface area contributed by atoms with Gasteiger partial charge in [-0.1, -0.05) is 0 Å². The molecule has 0 saturated carbocycles. The maximum absolute atomic E-state index is 11.9. The normalized spacial score (nSPS) is 20.0. The number of hydrogen-bond acceptors (Lipinski definition) is 4. The zero-order valence-corrected chi connectivity index (χ0v) is 11.1. The van der Waals surface area contributed by atoms with E-state index >= 15 is 0 Å². The minimum atomic E-state index is -0.513. The van der Waals surface area contributed by atoms with Crippen LogP contribution in [0.5, 0.6) is 0 Å². The number of carbonyl (C=O) groups excluding carboxylic acids is 1. The number of carbonyl (C=O) groups is 1. The van der Waals surface area contributed by atoms with Gasteiger partial charge < -0.3 is 10.6 Å². The number of anilines is 1. The van der Waals surface area contributed by atoms with E-state index in [9.17, 15) is 14.9 Å². The van der Waals surface area contributed by atoms with E-state index in [1.54, 1.807) is 12.1 Å². The molecule has 1 atom stereocenters. The van der Waals surface area contributed by atoms with Crippen LogP contribution < -0.4 is 10.6 Å². The van der Waals surface area contributed by atoms with E-state index in [1.807, 2.05) is 0 Å². The molecule has 96 valence electrons. The maximum Gasteiger partial charge on any atom is 0.285 e. The monoisotopic (exact) mass is 313 g/mol. The molecule has 0 bridgehead atoms. The fourth-order valence-electron chi connectivity index (χ4n) is 1.97. The molecule has 1 amide bonds. The second-order valence-corrected chi connectivity index (χ2v) is 4.99. The van der Waals surface area contributed by atoms with Crippen molar-refractivity contribution in [3.63, 3.8) is 0 Å². The molecular formula is C11H12BrN3O3. The number of nitro groups is 1. The number of rotatable bonds is 2. The fourth-order valence-corrected chi connectivity index (χ4v) is 2.36. The molecule has 0 spiro atoms. The van der Waals surface area contributed by atoms with Gasteiger partial charge in [-0.05, 0) is 40.9 Å². The van der Waals surface area contributed by atoms with E-state index < -0.39 is 11.0 Å². The number of hydrogen-bond donors (Lipinski definition) is 1. The molecule has 1 unspecified atom stereocenters. The third-order valence-corrected chi connectivity index (χ3v) is 3.59. The van der Waals surface area contributed by atoms with Gasteiger partial charge in [0, 0.05) is 12.6 Å². The molecule has 1 heterocycles. The Morgan fingerprint density at radius 1 is 1.50 bits per heavy atom. The second-order valence-electron chi connectivity index (χ2n) is 4.13. The first kappa shape index (κ1) is 13.0. The van der Waals surface area contributed by atoms with Crippen LogP contribution in [0.4, 0.5) is 11.4 Å². The Kier molecular flexibility index (Phi) is 3.63. The van der Waals surface area contributed by atoms with Crippen molar-refractivity contribution >= 4 is 33.2 Å². The highest BCUT2D eigenvalue weighted by Crippen LogP contribution is 2.31. The van der Waals surface area contributed by atoms with Crippen molar-refractivity contribution in [1.82, 2.24) is 0 Å². The Hall–Kier alpha value is -1.47. The van der Waals surface area contributed by atoms with Crippen LogP contribution in [0.2, 0.25) is 0 Å². The largest absolute Gasteiger partial charge is 0.320 e. The summed E-state index contributed by atoms with van der Waals surface area (Å²) in [5.74, 6) is -0.183. The topological polar surface area (TPSA) is 89.5 Å². The Morgan fingerprint density at radius 2 is 2.22 bits per heavy atom. The van der Waals surface area contributed by atoms with Gasteiger partial charge in [0.2, 0.25) is 5.91 Å². The Morgan fingerprint density at radius 3 is 2.89 bits per heavy atom. The number of piperidine rings is 1. The first-order valence-electron chi connectivity index (χ1n) is 5.51. The molecule has 2 rings (SSSR count). The van der Waals surface area contributed by atoms with Crippen molar-refractivity contribution in [3.8, 4) is 0 Å². The standard InChI is InChI=1S/C11H12BrN3O3/c12-8-4-3-7(6-10(8)15(17)18)14-5-1-2-9(13)11(14)16/h3-4,6,9H,1-2,5,13H2. The van der Waals surface area contributed by atoms with Crippen molar-refractivity contribution in [1.29, 1.82) is 0 Å². The molecule has 18 heavy (non-hydrogen) atoms. The number of amides is 1. The summed E-state index contributed by atoms with van der Waals surface area (Å²) in [5, 5.41) is 10.9. The molecule has 0 aliphatic carbocycles. The highest BCUT2D eigenvalue weighted by molar-refractivity contribution is 9.10. The predicted molar refractivity (Wildman–Crippen MR) is 70.4 cm³/mol. The summed E-state index contributed by atoms with van der Waals surface area (Å²) in [7, 11) is 0. The lowest BCUT2D eigenvalue weighted by Crippen LogP contribution is -2.48. The van der Waals surface area contributed by atoms with Gasteiger partial charge in [0.15, 0.2) is 0 Å². The van der Waals surface area contributed by atoms with Gasteiger partial charge in [0.25, 0.3) is 5.69 Å². The van der Waals surface area contributed by atoms with Crippen molar-refractivity contribution in [2.24, 2.45) is 5.73 Å². The number of halogens is 1. The van der Waals surface area contributed by atoms with Gasteiger partial charge in [-0.2, -0.15) is 0 Å². The fraction of sp³-hybridized carbons (Fsp3) is 0.364. The lowest BCUT2D eigenvalue weighted by molar-refractivity contribution is -0.385. The third kappa shape index (κ3) is 2.37. The summed E-state index contributed by atoms with van der Waals surface area (Å²) in [6, 6.07) is 4.12. The molecule has 1 aliphatic rings. The first-order chi connectivity index (χ1) is 8.50. The summed E-state index contributed by atoms with van der Waals surface area (Å²) in [4.78, 5) is 23.8. The van der Waals surface area contributed by atoms with Gasteiger partial charge in [-0.25, -0.2) is 0 Å². The average Bonchev–Trinajstić information content (AvgIpc) is 2.33. The van der Waals surface area contributed by atoms with E-state index in [0.29, 0.717) is 23.1 Å². The van der Waals surface area contributed by atoms with Crippen LogP contribution in [-0.2, 0) is 4.79 Å². The minimum Gasteiger partial charge on any atom is -0.320 e. The molecule has 7 heteroatoms. The van der Waals surface area contributed by atoms with Crippen molar-refractivity contribution < 1.29 is 9.72 Å². The molecule has 6 nitrogen and oxygen atoms in total. The molecule has 1 aromatic rings. The van der Waals surface area contributed by atoms with Crippen LogP contribution >= 0.6 is 15.9 Å². The highest BCUT2D eigenvalue weighted by atomic mass is 79.9. The lowest BCUT2D eigenvalue weighted by atomic mass is 10.0. The zero-order chi connectivity index (χ0) is 13.3. The summed E-state index contributed by atoms with van der Waals surface area (Å²) in [6.45, 7) is 0.547. The Balaban J connectivity index is 2.36. The SMILES string of the molecule is NC1CCCN(c2ccc(Br)c([N+](=O)[O-])c2)C1=O. The lowest BCUT2D eigenvalue weighted by Gasteiger charge is -2.30. The van der Waals surface area contributed by atoms with Crippen LogP contribution in [0.15, 0.2) is 22.7 Å². The molecule has 1 aromatic carbocycles. The summed E-state index contributed by atoms with van der Waals surface area (Å²) < 4.78 is 0.394. The van der Waals surface area contributed by atoms with E-state index in [1.165, 1.54) is 11.0 Å². The van der Waals surface area contributed by atoms with Gasteiger partial charge in [0.05, 0.1) is 21.1 Å². The molecule has 0 radical (unpaired) electrons. The molecular weight excluding hydrogens is 302 g/mol. The van der Waals surface area contributed by atoms with Crippen molar-refractivity contribution in [3.05, 3.63) is 32.8 Å². The molecule has 1 fully saturated rings. The first-order valence-corrected chi connectivity index (χ1v) is 6.31. The predicted octanol–water partition coefficient (Wildman–Crippen LogP) is 1.81. The number of nitrogens with zero attached hydrogens (tertiary/aromatic N) is 2. The quantitative estimate of drug-likeness (QED) is 0.666. The van der Waals surface area contributed by atoms with Crippen molar-refractivity contribution in [2.75, 3.05) is 11.4 Å². The summed E-state index contributed by atoms with van der Waals surface area (Å²) >= 11 is 3.11. The number of nitrogens with two attached hydrogens (primary N) is 1. The molecule has 1 aliphatic heterocycles. The van der Waals surface area contributed by atoms with E-state index in [2.05, 4.69) is 15.9 Å². The number of benzene rings is 1. The van der Waals surface area contributed by atoms with Crippen molar-refractivity contribution in [2.45, 2.75) is 18.9 Å². The second kappa shape index (κ2) is 5.03. The van der Waals surface area contributed by atoms with Gasteiger partial charge in [-0.15, -0.1) is 0 Å². The smallest absolute Gasteiger partial charge is 0.285 e. The van der Waals surface area contributed by atoms with Crippen LogP contribution in [0, 0.1) is 10.1 Å². The van der Waals surface area contributed by atoms with Crippen LogP contribution in [0.3, 0.4) is 0 Å². The van der Waals surface area contributed by atoms with Crippen LogP contribution in [0.1, 0.15) is 12.8 Å². The molecule has 0 aromatic heterocycles. The number of nitro benzene ring substituents is 1. The highest BCUT2D eigenvalue weighted by Gasteiger charge is 2.28. The van der Waals surface area contributed by atoms with Gasteiger partial charge in [-0.3, -0.25) is 14.9 Å². The Bertz CT molecular complexity index is 506. The maximum atomic E-state index is 11.9. The summed E-state index contributed by atoms with van der Waals surface area (Å²) in [6.07, 6.45) is 1.46.